The molecule has 7 nitrogen and oxygen atoms in total. The molecule has 0 aliphatic carbocycles. The maximum atomic E-state index is 12.7. The van der Waals surface area contributed by atoms with Gasteiger partial charge in [0.15, 0.2) is 9.84 Å². The van der Waals surface area contributed by atoms with Crippen molar-refractivity contribution in [2.24, 2.45) is 5.92 Å². The van der Waals surface area contributed by atoms with Crippen molar-refractivity contribution in [2.75, 3.05) is 25.4 Å². The minimum atomic E-state index is -3.11. The van der Waals surface area contributed by atoms with E-state index in [1.165, 1.54) is 0 Å². The van der Waals surface area contributed by atoms with E-state index in [9.17, 15) is 8.42 Å². The van der Waals surface area contributed by atoms with Crippen LogP contribution in [0.4, 0.5) is 0 Å². The molecule has 0 saturated carbocycles. The predicted octanol–water partition coefficient (Wildman–Crippen LogP) is 0.940. The Morgan fingerprint density at radius 2 is 2.00 bits per heavy atom. The van der Waals surface area contributed by atoms with E-state index in [2.05, 4.69) is 19.9 Å². The lowest BCUT2D eigenvalue weighted by Gasteiger charge is -2.49. The van der Waals surface area contributed by atoms with Crippen molar-refractivity contribution in [3.63, 3.8) is 0 Å². The summed E-state index contributed by atoms with van der Waals surface area (Å²) in [7, 11) is -3.11. The van der Waals surface area contributed by atoms with Crippen LogP contribution in [0.25, 0.3) is 0 Å². The molecule has 4 rings (SSSR count). The summed E-state index contributed by atoms with van der Waals surface area (Å²) in [5, 5.41) is 0. The van der Waals surface area contributed by atoms with Gasteiger partial charge in [0, 0.05) is 50.3 Å². The van der Waals surface area contributed by atoms with E-state index in [0.29, 0.717) is 32.1 Å². The van der Waals surface area contributed by atoms with Crippen molar-refractivity contribution in [3.8, 4) is 6.01 Å². The average Bonchev–Trinajstić information content (AvgIpc) is 2.86. The Bertz CT molecular complexity index is 823. The van der Waals surface area contributed by atoms with Crippen LogP contribution in [0.5, 0.6) is 6.01 Å². The van der Waals surface area contributed by atoms with Gasteiger partial charge >= 0.3 is 6.01 Å². The molecule has 1 atom stereocenters. The number of hydrogen-bond donors (Lipinski definition) is 0. The Kier molecular flexibility index (Phi) is 4.16. The number of aromatic nitrogens is 3. The number of ether oxygens (including phenoxy) is 1. The van der Waals surface area contributed by atoms with Crippen molar-refractivity contribution in [1.82, 2.24) is 19.9 Å². The fourth-order valence-corrected chi connectivity index (χ4v) is 6.27. The van der Waals surface area contributed by atoms with Crippen LogP contribution in [0.3, 0.4) is 0 Å². The van der Waals surface area contributed by atoms with Crippen LogP contribution in [0.2, 0.25) is 0 Å². The molecule has 2 aromatic rings. The SMILES string of the molecule is O=S1(=O)CC[C@H](COc2ncccn2)C12CN(Cc1cccnc1)C2. The zero-order valence-electron chi connectivity index (χ0n) is 13.8. The van der Waals surface area contributed by atoms with E-state index in [1.807, 2.05) is 18.3 Å². The summed E-state index contributed by atoms with van der Waals surface area (Å²) in [4.78, 5) is 14.3. The average molecular weight is 360 g/mol. The summed E-state index contributed by atoms with van der Waals surface area (Å²) < 4.78 is 30.3. The van der Waals surface area contributed by atoms with Gasteiger partial charge in [-0.05, 0) is 24.1 Å². The standard InChI is InChI=1S/C17H20N4O3S/c22-25(23)8-4-15(11-24-16-19-6-2-7-20-16)17(25)12-21(13-17)10-14-3-1-5-18-9-14/h1-3,5-7,9,15H,4,8,10-13H2/t15-/m1/s1. The van der Waals surface area contributed by atoms with Gasteiger partial charge in [-0.1, -0.05) is 6.07 Å². The second-order valence-corrected chi connectivity index (χ2v) is 9.17. The monoisotopic (exact) mass is 360 g/mol. The summed E-state index contributed by atoms with van der Waals surface area (Å²) in [6.07, 6.45) is 7.42. The third-order valence-electron chi connectivity index (χ3n) is 5.17. The van der Waals surface area contributed by atoms with E-state index in [4.69, 9.17) is 4.74 Å². The molecule has 25 heavy (non-hydrogen) atoms. The molecule has 0 aromatic carbocycles. The lowest BCUT2D eigenvalue weighted by molar-refractivity contribution is 0.0571. The molecule has 0 unspecified atom stereocenters. The summed E-state index contributed by atoms with van der Waals surface area (Å²) in [5.41, 5.74) is 1.10. The molecule has 132 valence electrons. The van der Waals surface area contributed by atoms with Crippen LogP contribution >= 0.6 is 0 Å². The van der Waals surface area contributed by atoms with Crippen LogP contribution < -0.4 is 4.74 Å². The maximum absolute atomic E-state index is 12.7. The third kappa shape index (κ3) is 3.00. The van der Waals surface area contributed by atoms with Gasteiger partial charge < -0.3 is 4.74 Å². The summed E-state index contributed by atoms with van der Waals surface area (Å²) in [6, 6.07) is 5.92. The largest absolute Gasteiger partial charge is 0.463 e. The molecule has 0 radical (unpaired) electrons. The van der Waals surface area contributed by atoms with Gasteiger partial charge in [0.25, 0.3) is 0 Å². The van der Waals surface area contributed by atoms with Crippen LogP contribution in [-0.4, -0.2) is 58.5 Å². The van der Waals surface area contributed by atoms with E-state index in [0.717, 1.165) is 12.1 Å². The molecular weight excluding hydrogens is 340 g/mol. The smallest absolute Gasteiger partial charge is 0.316 e. The number of hydrogen-bond acceptors (Lipinski definition) is 7. The molecule has 2 aliphatic rings. The Morgan fingerprint density at radius 3 is 2.72 bits per heavy atom. The molecule has 2 saturated heterocycles. The van der Waals surface area contributed by atoms with Gasteiger partial charge in [0.1, 0.15) is 4.75 Å². The Balaban J connectivity index is 1.43. The number of nitrogens with zero attached hydrogens (tertiary/aromatic N) is 4. The Labute approximate surface area is 147 Å². The van der Waals surface area contributed by atoms with Crippen LogP contribution in [0, 0.1) is 5.92 Å². The highest BCUT2D eigenvalue weighted by Gasteiger charge is 2.61. The molecule has 4 heterocycles. The highest BCUT2D eigenvalue weighted by Crippen LogP contribution is 2.45. The first kappa shape index (κ1) is 16.4. The van der Waals surface area contributed by atoms with Gasteiger partial charge in [-0.25, -0.2) is 18.4 Å². The van der Waals surface area contributed by atoms with Crippen molar-refractivity contribution >= 4 is 9.84 Å². The van der Waals surface area contributed by atoms with Gasteiger partial charge in [0.05, 0.1) is 12.4 Å². The van der Waals surface area contributed by atoms with Crippen molar-refractivity contribution < 1.29 is 13.2 Å². The van der Waals surface area contributed by atoms with E-state index in [1.54, 1.807) is 24.7 Å². The van der Waals surface area contributed by atoms with Crippen molar-refractivity contribution in [1.29, 1.82) is 0 Å². The first-order valence-electron chi connectivity index (χ1n) is 8.32. The zero-order chi connectivity index (χ0) is 17.3. The van der Waals surface area contributed by atoms with Crippen LogP contribution in [-0.2, 0) is 16.4 Å². The zero-order valence-corrected chi connectivity index (χ0v) is 14.6. The lowest BCUT2D eigenvalue weighted by atomic mass is 9.83. The fourth-order valence-electron chi connectivity index (χ4n) is 3.82. The third-order valence-corrected chi connectivity index (χ3v) is 7.77. The number of sulfone groups is 1. The van der Waals surface area contributed by atoms with Gasteiger partial charge in [-0.15, -0.1) is 0 Å². The summed E-state index contributed by atoms with van der Waals surface area (Å²) >= 11 is 0. The number of rotatable bonds is 5. The van der Waals surface area contributed by atoms with E-state index in [-0.39, 0.29) is 11.7 Å². The summed E-state index contributed by atoms with van der Waals surface area (Å²) in [6.45, 7) is 2.16. The molecule has 2 aromatic heterocycles. The van der Waals surface area contributed by atoms with Crippen LogP contribution in [0.15, 0.2) is 43.0 Å². The van der Waals surface area contributed by atoms with Gasteiger partial charge in [-0.2, -0.15) is 0 Å². The molecule has 0 amide bonds. The molecule has 2 aliphatic heterocycles. The quantitative estimate of drug-likeness (QED) is 0.784. The predicted molar refractivity (Wildman–Crippen MR) is 91.7 cm³/mol. The van der Waals surface area contributed by atoms with Crippen LogP contribution in [0.1, 0.15) is 12.0 Å². The summed E-state index contributed by atoms with van der Waals surface area (Å²) in [5.74, 6) is 0.212. The maximum Gasteiger partial charge on any atom is 0.316 e. The van der Waals surface area contributed by atoms with E-state index >= 15 is 0 Å². The minimum Gasteiger partial charge on any atom is -0.463 e. The fraction of sp³-hybridized carbons (Fsp3) is 0.471. The second-order valence-electron chi connectivity index (χ2n) is 6.72. The normalized spacial score (nSPS) is 24.1. The molecule has 1 spiro atoms. The minimum absolute atomic E-state index is 0.0218. The topological polar surface area (TPSA) is 85.3 Å². The van der Waals surface area contributed by atoms with Gasteiger partial charge in [0.2, 0.25) is 0 Å². The Morgan fingerprint density at radius 1 is 1.20 bits per heavy atom. The Hall–Kier alpha value is -2.06. The first-order valence-corrected chi connectivity index (χ1v) is 9.98. The molecule has 8 heteroatoms. The van der Waals surface area contributed by atoms with Crippen molar-refractivity contribution in [2.45, 2.75) is 17.7 Å². The van der Waals surface area contributed by atoms with E-state index < -0.39 is 14.6 Å². The van der Waals surface area contributed by atoms with Gasteiger partial charge in [-0.3, -0.25) is 9.88 Å². The number of likely N-dealkylation sites (tertiary alicyclic amines) is 1. The highest BCUT2D eigenvalue weighted by atomic mass is 32.2. The molecule has 0 bridgehead atoms. The first-order chi connectivity index (χ1) is 12.1. The number of pyridine rings is 1. The molecular formula is C17H20N4O3S. The second kappa shape index (κ2) is 6.34. The molecule has 2 fully saturated rings. The lowest BCUT2D eigenvalue weighted by Crippen LogP contribution is -2.67. The van der Waals surface area contributed by atoms with Crippen molar-refractivity contribution in [3.05, 3.63) is 48.5 Å². The molecule has 0 N–H and O–H groups in total. The highest BCUT2D eigenvalue weighted by molar-refractivity contribution is 7.93.